The van der Waals surface area contributed by atoms with Crippen molar-refractivity contribution in [2.45, 2.75) is 6.42 Å². The van der Waals surface area contributed by atoms with Crippen molar-refractivity contribution in [1.29, 1.82) is 0 Å². The highest BCUT2D eigenvalue weighted by Gasteiger charge is 2.14. The molecule has 2 heteroatoms. The first-order valence-corrected chi connectivity index (χ1v) is 3.84. The summed E-state index contributed by atoms with van der Waals surface area (Å²) >= 11 is 0. The molecule has 0 spiro atoms. The van der Waals surface area contributed by atoms with E-state index >= 15 is 0 Å². The third kappa shape index (κ3) is 0.946. The van der Waals surface area contributed by atoms with Gasteiger partial charge in [-0.05, 0) is 11.6 Å². The van der Waals surface area contributed by atoms with Gasteiger partial charge in [0.1, 0.15) is 5.75 Å². The Hall–Kier alpha value is -1.18. The van der Waals surface area contributed by atoms with E-state index in [1.807, 2.05) is 13.1 Å². The average Bonchev–Trinajstić information content (AvgIpc) is 2.50. The number of nitrogens with one attached hydrogen (secondary N) is 1. The van der Waals surface area contributed by atoms with Crippen molar-refractivity contribution in [3.05, 3.63) is 23.8 Å². The molecule has 0 aliphatic carbocycles. The fraction of sp³-hybridized carbons (Fsp3) is 0.333. The minimum atomic E-state index is 0.827. The van der Waals surface area contributed by atoms with E-state index in [1.165, 1.54) is 5.56 Å². The fourth-order valence-corrected chi connectivity index (χ4v) is 1.41. The van der Waals surface area contributed by atoms with E-state index in [2.05, 4.69) is 17.4 Å². The first kappa shape index (κ1) is 6.53. The van der Waals surface area contributed by atoms with Crippen molar-refractivity contribution in [3.63, 3.8) is 0 Å². The van der Waals surface area contributed by atoms with Crippen LogP contribution < -0.4 is 10.1 Å². The normalized spacial score (nSPS) is 13.9. The van der Waals surface area contributed by atoms with Crippen LogP contribution in [-0.4, -0.2) is 13.7 Å². The Morgan fingerprint density at radius 1 is 1.45 bits per heavy atom. The van der Waals surface area contributed by atoms with E-state index in [-0.39, 0.29) is 0 Å². The van der Waals surface area contributed by atoms with Crippen molar-refractivity contribution in [3.8, 4) is 5.75 Å². The molecule has 0 radical (unpaired) electrons. The second-order valence-electron chi connectivity index (χ2n) is 2.64. The summed E-state index contributed by atoms with van der Waals surface area (Å²) in [5.41, 5.74) is 2.41. The number of anilines is 1. The van der Waals surface area contributed by atoms with Gasteiger partial charge >= 0.3 is 0 Å². The molecule has 0 bridgehead atoms. The molecule has 1 aromatic rings. The quantitative estimate of drug-likeness (QED) is 0.655. The Morgan fingerprint density at radius 2 is 2.36 bits per heavy atom. The minimum Gasteiger partial charge on any atom is -0.491 e. The van der Waals surface area contributed by atoms with Gasteiger partial charge in [0.25, 0.3) is 0 Å². The van der Waals surface area contributed by atoms with Gasteiger partial charge in [0, 0.05) is 13.5 Å². The van der Waals surface area contributed by atoms with Crippen LogP contribution in [0.5, 0.6) is 5.75 Å². The fourth-order valence-electron chi connectivity index (χ4n) is 1.41. The lowest BCUT2D eigenvalue weighted by Gasteiger charge is -2.05. The standard InChI is InChI=1S/C9H11NO/c1-10-8-4-2-3-7-5-6-11-9(7)8/h2-4,10H,5-6H2,1H3. The van der Waals surface area contributed by atoms with Gasteiger partial charge in [-0.25, -0.2) is 0 Å². The molecule has 1 heterocycles. The van der Waals surface area contributed by atoms with Crippen LogP contribution in [0.4, 0.5) is 5.69 Å². The maximum Gasteiger partial charge on any atom is 0.145 e. The van der Waals surface area contributed by atoms with Crippen LogP contribution in [0.15, 0.2) is 18.2 Å². The molecule has 2 rings (SSSR count). The summed E-state index contributed by atoms with van der Waals surface area (Å²) in [5, 5.41) is 3.10. The highest BCUT2D eigenvalue weighted by molar-refractivity contribution is 5.61. The molecular formula is C9H11NO. The van der Waals surface area contributed by atoms with Gasteiger partial charge in [0.05, 0.1) is 12.3 Å². The van der Waals surface area contributed by atoms with Crippen molar-refractivity contribution in [2.75, 3.05) is 19.0 Å². The molecule has 0 fully saturated rings. The van der Waals surface area contributed by atoms with E-state index in [0.717, 1.165) is 24.5 Å². The largest absolute Gasteiger partial charge is 0.491 e. The molecule has 0 saturated heterocycles. The molecule has 0 aromatic heterocycles. The third-order valence-electron chi connectivity index (χ3n) is 1.98. The monoisotopic (exact) mass is 149 g/mol. The zero-order valence-corrected chi connectivity index (χ0v) is 6.55. The van der Waals surface area contributed by atoms with Crippen LogP contribution in [0.2, 0.25) is 0 Å². The lowest BCUT2D eigenvalue weighted by Crippen LogP contribution is -1.92. The van der Waals surface area contributed by atoms with Crippen molar-refractivity contribution >= 4 is 5.69 Å². The maximum atomic E-state index is 5.46. The number of fused-ring (bicyclic) bond motifs is 1. The molecule has 11 heavy (non-hydrogen) atoms. The molecule has 0 saturated carbocycles. The molecule has 1 aromatic carbocycles. The molecular weight excluding hydrogens is 138 g/mol. The lowest BCUT2D eigenvalue weighted by atomic mass is 10.1. The molecule has 2 nitrogen and oxygen atoms in total. The van der Waals surface area contributed by atoms with Gasteiger partial charge in [0.15, 0.2) is 0 Å². The molecule has 0 atom stereocenters. The highest BCUT2D eigenvalue weighted by atomic mass is 16.5. The summed E-state index contributed by atoms with van der Waals surface area (Å²) in [6, 6.07) is 6.20. The van der Waals surface area contributed by atoms with Crippen molar-refractivity contribution in [1.82, 2.24) is 0 Å². The zero-order valence-electron chi connectivity index (χ0n) is 6.55. The van der Waals surface area contributed by atoms with E-state index in [1.54, 1.807) is 0 Å². The Bertz CT molecular complexity index is 270. The Morgan fingerprint density at radius 3 is 3.18 bits per heavy atom. The Kier molecular flexibility index (Phi) is 1.46. The Balaban J connectivity index is 2.50. The van der Waals surface area contributed by atoms with Gasteiger partial charge in [0.2, 0.25) is 0 Å². The number of hydrogen-bond acceptors (Lipinski definition) is 2. The predicted octanol–water partition coefficient (Wildman–Crippen LogP) is 1.66. The number of hydrogen-bond donors (Lipinski definition) is 1. The van der Waals surface area contributed by atoms with Gasteiger partial charge in [-0.3, -0.25) is 0 Å². The average molecular weight is 149 g/mol. The zero-order chi connectivity index (χ0) is 7.68. The molecule has 0 amide bonds. The molecule has 1 aliphatic rings. The SMILES string of the molecule is CNc1cccc2c1OCC2. The Labute approximate surface area is 66.2 Å². The van der Waals surface area contributed by atoms with Crippen LogP contribution in [-0.2, 0) is 6.42 Å². The third-order valence-corrected chi connectivity index (χ3v) is 1.98. The van der Waals surface area contributed by atoms with Crippen LogP contribution in [0.25, 0.3) is 0 Å². The summed E-state index contributed by atoms with van der Waals surface area (Å²) in [5.74, 6) is 1.04. The summed E-state index contributed by atoms with van der Waals surface area (Å²) < 4.78 is 5.46. The maximum absolute atomic E-state index is 5.46. The topological polar surface area (TPSA) is 21.3 Å². The van der Waals surface area contributed by atoms with Crippen LogP contribution in [0.3, 0.4) is 0 Å². The highest BCUT2D eigenvalue weighted by Crippen LogP contribution is 2.32. The van der Waals surface area contributed by atoms with E-state index in [0.29, 0.717) is 0 Å². The van der Waals surface area contributed by atoms with E-state index in [4.69, 9.17) is 4.74 Å². The second kappa shape index (κ2) is 2.46. The number of ether oxygens (including phenoxy) is 1. The smallest absolute Gasteiger partial charge is 0.145 e. The summed E-state index contributed by atoms with van der Waals surface area (Å²) in [6.45, 7) is 0.827. The molecule has 1 aliphatic heterocycles. The molecule has 58 valence electrons. The van der Waals surface area contributed by atoms with Crippen molar-refractivity contribution in [2.24, 2.45) is 0 Å². The number of para-hydroxylation sites is 1. The first-order valence-electron chi connectivity index (χ1n) is 3.84. The summed E-state index contributed by atoms with van der Waals surface area (Å²) in [4.78, 5) is 0. The summed E-state index contributed by atoms with van der Waals surface area (Å²) in [6.07, 6.45) is 1.05. The van der Waals surface area contributed by atoms with Crippen molar-refractivity contribution < 1.29 is 4.74 Å². The van der Waals surface area contributed by atoms with Gasteiger partial charge < -0.3 is 10.1 Å². The summed E-state index contributed by atoms with van der Waals surface area (Å²) in [7, 11) is 1.91. The molecule has 0 unspecified atom stereocenters. The molecule has 1 N–H and O–H groups in total. The first-order chi connectivity index (χ1) is 5.42. The van der Waals surface area contributed by atoms with Crippen LogP contribution >= 0.6 is 0 Å². The number of benzene rings is 1. The minimum absolute atomic E-state index is 0.827. The van der Waals surface area contributed by atoms with Crippen LogP contribution in [0, 0.1) is 0 Å². The number of rotatable bonds is 1. The van der Waals surface area contributed by atoms with Gasteiger partial charge in [-0.15, -0.1) is 0 Å². The van der Waals surface area contributed by atoms with E-state index < -0.39 is 0 Å². The van der Waals surface area contributed by atoms with Gasteiger partial charge in [-0.2, -0.15) is 0 Å². The second-order valence-corrected chi connectivity index (χ2v) is 2.64. The van der Waals surface area contributed by atoms with Crippen LogP contribution in [0.1, 0.15) is 5.56 Å². The predicted molar refractivity (Wildman–Crippen MR) is 45.2 cm³/mol. The lowest BCUT2D eigenvalue weighted by molar-refractivity contribution is 0.358. The van der Waals surface area contributed by atoms with Gasteiger partial charge in [-0.1, -0.05) is 12.1 Å². The van der Waals surface area contributed by atoms with E-state index in [9.17, 15) is 0 Å².